The maximum absolute atomic E-state index is 13.2. The number of benzene rings is 2. The molecule has 5 nitrogen and oxygen atoms in total. The average Bonchev–Trinajstić information content (AvgIpc) is 2.94. The lowest BCUT2D eigenvalue weighted by Crippen LogP contribution is -2.31. The highest BCUT2D eigenvalue weighted by Crippen LogP contribution is 2.39. The Kier molecular flexibility index (Phi) is 5.66. The molecule has 0 saturated carbocycles. The van der Waals surface area contributed by atoms with Crippen LogP contribution in [0.4, 0.5) is 4.39 Å². The molecule has 0 bridgehead atoms. The minimum atomic E-state index is -0.747. The van der Waals surface area contributed by atoms with Gasteiger partial charge in [0.25, 0.3) is 11.7 Å². The molecule has 0 spiro atoms. The molecular weight excluding hydrogens is 349 g/mol. The van der Waals surface area contributed by atoms with E-state index in [2.05, 4.69) is 0 Å². The van der Waals surface area contributed by atoms with Crippen LogP contribution in [0.2, 0.25) is 0 Å². The smallest absolute Gasteiger partial charge is 0.295 e. The van der Waals surface area contributed by atoms with Gasteiger partial charge in [0, 0.05) is 25.8 Å². The van der Waals surface area contributed by atoms with Crippen LogP contribution < -0.4 is 0 Å². The Hall–Kier alpha value is -2.99. The lowest BCUT2D eigenvalue weighted by molar-refractivity contribution is -0.140. The van der Waals surface area contributed by atoms with E-state index in [0.29, 0.717) is 19.6 Å². The molecule has 1 amide bonds. The van der Waals surface area contributed by atoms with Gasteiger partial charge in [-0.15, -0.1) is 0 Å². The van der Waals surface area contributed by atoms with Gasteiger partial charge in [-0.2, -0.15) is 0 Å². The Balaban J connectivity index is 2.09. The average molecular weight is 369 g/mol. The molecule has 1 fully saturated rings. The Labute approximate surface area is 156 Å². The van der Waals surface area contributed by atoms with Crippen molar-refractivity contribution >= 4 is 17.4 Å². The number of hydrogen-bond donors (Lipinski definition) is 1. The first-order chi connectivity index (χ1) is 13.0. The number of ether oxygens (including phenoxy) is 1. The van der Waals surface area contributed by atoms with E-state index in [1.807, 2.05) is 18.2 Å². The predicted molar refractivity (Wildman–Crippen MR) is 98.3 cm³/mol. The van der Waals surface area contributed by atoms with Crippen LogP contribution in [0.1, 0.15) is 23.6 Å². The molecule has 0 unspecified atom stereocenters. The zero-order valence-corrected chi connectivity index (χ0v) is 14.9. The largest absolute Gasteiger partial charge is 0.507 e. The predicted octanol–water partition coefficient (Wildman–Crippen LogP) is 3.28. The van der Waals surface area contributed by atoms with Crippen molar-refractivity contribution in [3.05, 3.63) is 77.1 Å². The number of likely N-dealkylation sites (tertiary alicyclic amines) is 1. The van der Waals surface area contributed by atoms with Gasteiger partial charge in [-0.05, 0) is 36.2 Å². The molecule has 0 aromatic heterocycles. The summed E-state index contributed by atoms with van der Waals surface area (Å²) in [6.45, 7) is 0.765. The van der Waals surface area contributed by atoms with Gasteiger partial charge in [0.05, 0.1) is 11.6 Å². The van der Waals surface area contributed by atoms with Gasteiger partial charge in [0.2, 0.25) is 0 Å². The number of amides is 1. The van der Waals surface area contributed by atoms with E-state index in [-0.39, 0.29) is 16.9 Å². The molecule has 1 aliphatic heterocycles. The molecule has 0 aliphatic carbocycles. The van der Waals surface area contributed by atoms with Crippen LogP contribution in [0.5, 0.6) is 0 Å². The number of hydrogen-bond acceptors (Lipinski definition) is 4. The second-order valence-corrected chi connectivity index (χ2v) is 6.26. The van der Waals surface area contributed by atoms with E-state index in [9.17, 15) is 19.1 Å². The fourth-order valence-corrected chi connectivity index (χ4v) is 3.24. The molecule has 0 radical (unpaired) electrons. The maximum Gasteiger partial charge on any atom is 0.295 e. The number of aliphatic hydroxyl groups is 1. The minimum absolute atomic E-state index is 0.00947. The quantitative estimate of drug-likeness (QED) is 0.367. The summed E-state index contributed by atoms with van der Waals surface area (Å²) in [4.78, 5) is 26.8. The lowest BCUT2D eigenvalue weighted by Gasteiger charge is -2.25. The van der Waals surface area contributed by atoms with Gasteiger partial charge in [0.1, 0.15) is 11.6 Å². The van der Waals surface area contributed by atoms with Crippen LogP contribution in [0, 0.1) is 5.82 Å². The second kappa shape index (κ2) is 8.14. The zero-order chi connectivity index (χ0) is 19.4. The fraction of sp³-hybridized carbons (Fsp3) is 0.238. The van der Waals surface area contributed by atoms with Crippen molar-refractivity contribution in [2.75, 3.05) is 20.3 Å². The Bertz CT molecular complexity index is 862. The Morgan fingerprint density at radius 2 is 1.78 bits per heavy atom. The number of methoxy groups -OCH3 is 1. The van der Waals surface area contributed by atoms with Gasteiger partial charge >= 0.3 is 0 Å². The molecule has 27 heavy (non-hydrogen) atoms. The van der Waals surface area contributed by atoms with E-state index in [0.717, 1.165) is 5.56 Å². The van der Waals surface area contributed by atoms with Crippen molar-refractivity contribution in [3.8, 4) is 0 Å². The van der Waals surface area contributed by atoms with E-state index in [1.54, 1.807) is 19.2 Å². The molecule has 3 rings (SSSR count). The standard InChI is InChI=1S/C21H20FNO4/c1-27-13-5-12-23-18(14-6-3-2-4-7-14)17(20(25)21(23)26)19(24)15-8-10-16(22)11-9-15/h2-4,6-11,18,24H,5,12-13H2,1H3/t18-/m0/s1. The SMILES string of the molecule is COCCCN1C(=O)C(=O)C(=C(O)c2ccc(F)cc2)[C@@H]1c1ccccc1. The second-order valence-electron chi connectivity index (χ2n) is 6.26. The third kappa shape index (κ3) is 3.75. The van der Waals surface area contributed by atoms with E-state index >= 15 is 0 Å². The zero-order valence-electron chi connectivity index (χ0n) is 14.9. The number of ketones is 1. The van der Waals surface area contributed by atoms with Crippen LogP contribution in [0.3, 0.4) is 0 Å². The molecule has 2 aromatic carbocycles. The van der Waals surface area contributed by atoms with Crippen molar-refractivity contribution in [2.45, 2.75) is 12.5 Å². The Morgan fingerprint density at radius 1 is 1.11 bits per heavy atom. The normalized spacial score (nSPS) is 18.9. The molecule has 1 saturated heterocycles. The molecular formula is C21H20FNO4. The Morgan fingerprint density at radius 3 is 2.41 bits per heavy atom. The molecule has 1 atom stereocenters. The monoisotopic (exact) mass is 369 g/mol. The summed E-state index contributed by atoms with van der Waals surface area (Å²) in [6.07, 6.45) is 0.559. The number of nitrogens with zero attached hydrogens (tertiary/aromatic N) is 1. The van der Waals surface area contributed by atoms with E-state index in [4.69, 9.17) is 4.74 Å². The molecule has 1 N–H and O–H groups in total. The van der Waals surface area contributed by atoms with Crippen molar-refractivity contribution < 1.29 is 23.8 Å². The molecule has 140 valence electrons. The summed E-state index contributed by atoms with van der Waals surface area (Å²) in [5, 5.41) is 10.8. The van der Waals surface area contributed by atoms with Crippen LogP contribution in [-0.2, 0) is 14.3 Å². The number of aliphatic hydroxyl groups excluding tert-OH is 1. The number of halogens is 1. The fourth-order valence-electron chi connectivity index (χ4n) is 3.24. The molecule has 1 heterocycles. The summed E-state index contributed by atoms with van der Waals surface area (Å²) in [6, 6.07) is 13.5. The number of carbonyl (C=O) groups is 2. The number of Topliss-reactive ketones (excluding diaryl/α,β-unsaturated/α-hetero) is 1. The van der Waals surface area contributed by atoms with Crippen molar-refractivity contribution in [1.82, 2.24) is 4.90 Å². The van der Waals surface area contributed by atoms with Crippen molar-refractivity contribution in [2.24, 2.45) is 0 Å². The highest BCUT2D eigenvalue weighted by Gasteiger charge is 2.45. The van der Waals surface area contributed by atoms with Gasteiger partial charge in [-0.3, -0.25) is 9.59 Å². The first-order valence-corrected chi connectivity index (χ1v) is 8.63. The summed E-state index contributed by atoms with van der Waals surface area (Å²) >= 11 is 0. The lowest BCUT2D eigenvalue weighted by atomic mass is 9.95. The van der Waals surface area contributed by atoms with E-state index in [1.165, 1.54) is 29.2 Å². The first-order valence-electron chi connectivity index (χ1n) is 8.63. The van der Waals surface area contributed by atoms with Crippen LogP contribution >= 0.6 is 0 Å². The number of carbonyl (C=O) groups excluding carboxylic acids is 2. The van der Waals surface area contributed by atoms with Crippen LogP contribution in [0.25, 0.3) is 5.76 Å². The van der Waals surface area contributed by atoms with Gasteiger partial charge < -0.3 is 14.7 Å². The van der Waals surface area contributed by atoms with Gasteiger partial charge in [-0.25, -0.2) is 4.39 Å². The number of rotatable bonds is 6. The topological polar surface area (TPSA) is 66.8 Å². The minimum Gasteiger partial charge on any atom is -0.507 e. The van der Waals surface area contributed by atoms with Crippen LogP contribution in [-0.4, -0.2) is 42.0 Å². The van der Waals surface area contributed by atoms with Crippen LogP contribution in [0.15, 0.2) is 60.2 Å². The van der Waals surface area contributed by atoms with Crippen molar-refractivity contribution in [3.63, 3.8) is 0 Å². The molecule has 6 heteroatoms. The maximum atomic E-state index is 13.2. The molecule has 1 aliphatic rings. The van der Waals surface area contributed by atoms with Gasteiger partial charge in [-0.1, -0.05) is 30.3 Å². The highest BCUT2D eigenvalue weighted by atomic mass is 19.1. The summed E-state index contributed by atoms with van der Waals surface area (Å²) in [5.74, 6) is -2.17. The summed E-state index contributed by atoms with van der Waals surface area (Å²) in [5.41, 5.74) is 1.01. The van der Waals surface area contributed by atoms with E-state index < -0.39 is 23.5 Å². The van der Waals surface area contributed by atoms with Crippen molar-refractivity contribution in [1.29, 1.82) is 0 Å². The first kappa shape index (κ1) is 18.8. The third-order valence-corrected chi connectivity index (χ3v) is 4.52. The summed E-state index contributed by atoms with van der Waals surface area (Å²) < 4.78 is 18.2. The summed E-state index contributed by atoms with van der Waals surface area (Å²) in [7, 11) is 1.57. The highest BCUT2D eigenvalue weighted by molar-refractivity contribution is 6.46. The third-order valence-electron chi connectivity index (χ3n) is 4.52. The van der Waals surface area contributed by atoms with Gasteiger partial charge in [0.15, 0.2) is 0 Å². The molecule has 2 aromatic rings.